The molecular formula is C14H25NO4. The molecule has 1 aliphatic rings. The molecule has 0 aromatic carbocycles. The maximum atomic E-state index is 11.7. The van der Waals surface area contributed by atoms with Crippen molar-refractivity contribution in [1.82, 2.24) is 5.32 Å². The van der Waals surface area contributed by atoms with Gasteiger partial charge < -0.3 is 15.2 Å². The zero-order chi connectivity index (χ0) is 14.6. The van der Waals surface area contributed by atoms with Gasteiger partial charge in [-0.2, -0.15) is 0 Å². The minimum Gasteiger partial charge on any atom is -0.444 e. The number of ether oxygens (including phenoxy) is 1. The first-order valence-electron chi connectivity index (χ1n) is 6.87. The van der Waals surface area contributed by atoms with Gasteiger partial charge in [-0.15, -0.1) is 0 Å². The predicted octanol–water partition coefficient (Wildman–Crippen LogP) is 2.02. The van der Waals surface area contributed by atoms with E-state index in [0.717, 1.165) is 12.8 Å². The number of hydrogen-bond donors (Lipinski definition) is 2. The quantitative estimate of drug-likeness (QED) is 0.802. The van der Waals surface area contributed by atoms with Gasteiger partial charge in [0.25, 0.3) is 0 Å². The monoisotopic (exact) mass is 271 g/mol. The minimum absolute atomic E-state index is 0.333. The van der Waals surface area contributed by atoms with Crippen molar-refractivity contribution in [3.8, 4) is 0 Å². The summed E-state index contributed by atoms with van der Waals surface area (Å²) in [5.74, 6) is 0.148. The summed E-state index contributed by atoms with van der Waals surface area (Å²) in [5, 5.41) is 12.5. The van der Waals surface area contributed by atoms with E-state index in [0.29, 0.717) is 12.3 Å². The van der Waals surface area contributed by atoms with E-state index in [1.165, 1.54) is 13.3 Å². The average molecular weight is 271 g/mol. The highest BCUT2D eigenvalue weighted by Gasteiger charge is 2.31. The maximum Gasteiger partial charge on any atom is 0.407 e. The van der Waals surface area contributed by atoms with Gasteiger partial charge in [-0.1, -0.05) is 19.3 Å². The Morgan fingerprint density at radius 1 is 1.37 bits per heavy atom. The van der Waals surface area contributed by atoms with Crippen LogP contribution in [0.25, 0.3) is 0 Å². The Morgan fingerprint density at radius 3 is 2.32 bits per heavy atom. The molecule has 0 unspecified atom stereocenters. The molecule has 0 radical (unpaired) electrons. The van der Waals surface area contributed by atoms with Crippen molar-refractivity contribution in [2.45, 2.75) is 71.1 Å². The molecule has 5 heteroatoms. The summed E-state index contributed by atoms with van der Waals surface area (Å²) in [6.45, 7) is 6.65. The van der Waals surface area contributed by atoms with Crippen LogP contribution in [-0.2, 0) is 9.53 Å². The first-order chi connectivity index (χ1) is 8.69. The molecule has 0 aromatic rings. The molecule has 0 bridgehead atoms. The van der Waals surface area contributed by atoms with Gasteiger partial charge in [-0.3, -0.25) is 4.79 Å². The van der Waals surface area contributed by atoms with E-state index >= 15 is 0 Å². The van der Waals surface area contributed by atoms with Crippen LogP contribution in [0.3, 0.4) is 0 Å². The van der Waals surface area contributed by atoms with Gasteiger partial charge in [-0.05, 0) is 40.0 Å². The lowest BCUT2D eigenvalue weighted by Crippen LogP contribution is -2.49. The lowest BCUT2D eigenvalue weighted by Gasteiger charge is -2.32. The molecule has 0 saturated heterocycles. The van der Waals surface area contributed by atoms with Gasteiger partial charge in [0.15, 0.2) is 5.78 Å². The zero-order valence-electron chi connectivity index (χ0n) is 12.2. The highest BCUT2D eigenvalue weighted by Crippen LogP contribution is 2.31. The van der Waals surface area contributed by atoms with Crippen molar-refractivity contribution in [3.63, 3.8) is 0 Å². The molecule has 5 nitrogen and oxygen atoms in total. The van der Waals surface area contributed by atoms with Crippen molar-refractivity contribution in [1.29, 1.82) is 0 Å². The van der Waals surface area contributed by atoms with E-state index in [2.05, 4.69) is 5.32 Å². The highest BCUT2D eigenvalue weighted by atomic mass is 16.6. The summed E-state index contributed by atoms with van der Waals surface area (Å²) in [7, 11) is 0. The van der Waals surface area contributed by atoms with Crippen LogP contribution in [-0.4, -0.2) is 34.7 Å². The maximum absolute atomic E-state index is 11.7. The van der Waals surface area contributed by atoms with Crippen LogP contribution in [0.15, 0.2) is 0 Å². The average Bonchev–Trinajstić information content (AvgIpc) is 2.17. The molecule has 0 aliphatic heterocycles. The number of nitrogens with one attached hydrogen (secondary N) is 1. The fourth-order valence-electron chi connectivity index (χ4n) is 2.10. The van der Waals surface area contributed by atoms with Crippen LogP contribution in [0.5, 0.6) is 0 Å². The molecular weight excluding hydrogens is 246 g/mol. The number of amides is 1. The molecule has 1 rings (SSSR count). The van der Waals surface area contributed by atoms with Gasteiger partial charge in [-0.25, -0.2) is 4.79 Å². The second-order valence-electron chi connectivity index (χ2n) is 6.34. The molecule has 2 N–H and O–H groups in total. The third kappa shape index (κ3) is 5.59. The van der Waals surface area contributed by atoms with Gasteiger partial charge in [0.1, 0.15) is 11.7 Å². The van der Waals surface area contributed by atoms with Crippen molar-refractivity contribution in [2.24, 2.45) is 5.92 Å². The Balaban J connectivity index is 2.57. The van der Waals surface area contributed by atoms with E-state index in [1.807, 2.05) is 0 Å². The lowest BCUT2D eigenvalue weighted by molar-refractivity contribution is -0.126. The molecule has 110 valence electrons. The summed E-state index contributed by atoms with van der Waals surface area (Å²) in [4.78, 5) is 23.0. The largest absolute Gasteiger partial charge is 0.444 e. The normalized spacial score (nSPS) is 19.2. The van der Waals surface area contributed by atoms with Crippen LogP contribution >= 0.6 is 0 Å². The summed E-state index contributed by atoms with van der Waals surface area (Å²) in [5.41, 5.74) is -0.591. The third-order valence-electron chi connectivity index (χ3n) is 3.31. The molecule has 0 heterocycles. The Labute approximate surface area is 114 Å². The van der Waals surface area contributed by atoms with Gasteiger partial charge in [0, 0.05) is 0 Å². The first-order valence-corrected chi connectivity index (χ1v) is 6.87. The Morgan fingerprint density at radius 2 is 1.95 bits per heavy atom. The van der Waals surface area contributed by atoms with Crippen molar-refractivity contribution < 1.29 is 19.4 Å². The van der Waals surface area contributed by atoms with E-state index in [1.54, 1.807) is 20.8 Å². The molecule has 1 aliphatic carbocycles. The number of aliphatic hydroxyl groups is 1. The molecule has 19 heavy (non-hydrogen) atoms. The van der Waals surface area contributed by atoms with E-state index < -0.39 is 23.8 Å². The van der Waals surface area contributed by atoms with Crippen molar-refractivity contribution in [2.75, 3.05) is 0 Å². The Bertz CT molecular complexity index is 331. The molecule has 2 atom stereocenters. The van der Waals surface area contributed by atoms with Crippen LogP contribution in [0.4, 0.5) is 4.79 Å². The summed E-state index contributed by atoms with van der Waals surface area (Å²) in [6.07, 6.45) is 2.25. The summed E-state index contributed by atoms with van der Waals surface area (Å²) in [6, 6.07) is -0.558. The zero-order valence-corrected chi connectivity index (χ0v) is 12.2. The van der Waals surface area contributed by atoms with Crippen LogP contribution in [0.2, 0.25) is 0 Å². The van der Waals surface area contributed by atoms with Gasteiger partial charge >= 0.3 is 6.09 Å². The number of Topliss-reactive ketones (excluding diaryl/α,β-unsaturated/α-hetero) is 1. The van der Waals surface area contributed by atoms with Gasteiger partial charge in [0.2, 0.25) is 0 Å². The number of hydrogen-bond acceptors (Lipinski definition) is 4. The highest BCUT2D eigenvalue weighted by molar-refractivity contribution is 5.81. The van der Waals surface area contributed by atoms with E-state index in [4.69, 9.17) is 4.74 Å². The number of ketones is 1. The number of carbonyl (C=O) groups is 2. The topological polar surface area (TPSA) is 75.6 Å². The first kappa shape index (κ1) is 16.0. The lowest BCUT2D eigenvalue weighted by atomic mass is 9.79. The van der Waals surface area contributed by atoms with Crippen molar-refractivity contribution >= 4 is 11.9 Å². The molecule has 1 amide bonds. The summed E-state index contributed by atoms with van der Waals surface area (Å²) < 4.78 is 5.16. The fourth-order valence-corrected chi connectivity index (χ4v) is 2.10. The van der Waals surface area contributed by atoms with Gasteiger partial charge in [0.05, 0.1) is 6.04 Å². The number of carbonyl (C=O) groups excluding carboxylic acids is 2. The Kier molecular flexibility index (Phi) is 5.35. The SMILES string of the molecule is CC(=O)[C@H](O)[C@H](CC1CCC1)NC(=O)OC(C)(C)C. The van der Waals surface area contributed by atoms with Crippen molar-refractivity contribution in [3.05, 3.63) is 0 Å². The number of rotatable bonds is 5. The molecule has 1 fully saturated rings. The smallest absolute Gasteiger partial charge is 0.407 e. The number of aliphatic hydroxyl groups excluding tert-OH is 1. The second-order valence-corrected chi connectivity index (χ2v) is 6.34. The third-order valence-corrected chi connectivity index (χ3v) is 3.31. The van der Waals surface area contributed by atoms with Crippen LogP contribution < -0.4 is 5.32 Å². The fraction of sp³-hybridized carbons (Fsp3) is 0.857. The molecule has 0 spiro atoms. The Hall–Kier alpha value is -1.10. The van der Waals surface area contributed by atoms with E-state index in [9.17, 15) is 14.7 Å². The summed E-state index contributed by atoms with van der Waals surface area (Å²) >= 11 is 0. The van der Waals surface area contributed by atoms with E-state index in [-0.39, 0.29) is 5.78 Å². The standard InChI is InChI=1S/C14H25NO4/c1-9(16)12(17)11(8-10-6-5-7-10)15-13(18)19-14(2,3)4/h10-12,17H,5-8H2,1-4H3,(H,15,18)/t11-,12-/m0/s1. The number of alkyl carbamates (subject to hydrolysis) is 1. The van der Waals surface area contributed by atoms with Crippen LogP contribution in [0.1, 0.15) is 53.4 Å². The predicted molar refractivity (Wildman–Crippen MR) is 71.8 cm³/mol. The van der Waals surface area contributed by atoms with Crippen LogP contribution in [0, 0.1) is 5.92 Å². The minimum atomic E-state index is -1.16. The second kappa shape index (κ2) is 6.37. The molecule has 1 saturated carbocycles. The molecule has 0 aromatic heterocycles.